The summed E-state index contributed by atoms with van der Waals surface area (Å²) in [5.41, 5.74) is -2.44. The van der Waals surface area contributed by atoms with Gasteiger partial charge in [0.1, 0.15) is 11.6 Å². The summed E-state index contributed by atoms with van der Waals surface area (Å²) in [6, 6.07) is 1.67. The van der Waals surface area contributed by atoms with E-state index >= 15 is 0 Å². The first-order valence-electron chi connectivity index (χ1n) is 3.92. The number of nitriles is 1. The standard InChI is InChI=1S/C7H2ClF3N2O4S/c8-18(15,16)4-1-3(2-12)5(6(14)13-4)17-7(9,10)11/h1H,(H,13,14). The molecule has 0 aromatic carbocycles. The second kappa shape index (κ2) is 4.51. The van der Waals surface area contributed by atoms with Crippen LogP contribution < -0.4 is 10.3 Å². The Morgan fingerprint density at radius 3 is 2.39 bits per heavy atom. The molecule has 0 aliphatic carbocycles. The van der Waals surface area contributed by atoms with Gasteiger partial charge in [-0.2, -0.15) is 5.26 Å². The maximum absolute atomic E-state index is 11.9. The van der Waals surface area contributed by atoms with Crippen molar-refractivity contribution in [3.05, 3.63) is 22.0 Å². The molecule has 1 aromatic heterocycles. The van der Waals surface area contributed by atoms with Crippen LogP contribution in [0.3, 0.4) is 0 Å². The minimum Gasteiger partial charge on any atom is -0.398 e. The van der Waals surface area contributed by atoms with Crippen LogP contribution in [0, 0.1) is 11.3 Å². The lowest BCUT2D eigenvalue weighted by atomic mass is 10.3. The molecule has 0 atom stereocenters. The molecule has 0 unspecified atom stereocenters. The fraction of sp³-hybridized carbons (Fsp3) is 0.143. The van der Waals surface area contributed by atoms with Crippen LogP contribution in [0.25, 0.3) is 0 Å². The third-order valence-corrected chi connectivity index (χ3v) is 2.81. The average Bonchev–Trinajstić information content (AvgIpc) is 2.17. The van der Waals surface area contributed by atoms with Crippen molar-refractivity contribution in [3.8, 4) is 11.8 Å². The number of nitrogens with one attached hydrogen (secondary N) is 1. The summed E-state index contributed by atoms with van der Waals surface area (Å²) < 4.78 is 60.9. The highest BCUT2D eigenvalue weighted by molar-refractivity contribution is 8.13. The molecule has 0 spiro atoms. The Morgan fingerprint density at radius 1 is 1.44 bits per heavy atom. The third-order valence-electron chi connectivity index (χ3n) is 1.56. The van der Waals surface area contributed by atoms with E-state index in [0.29, 0.717) is 6.07 Å². The van der Waals surface area contributed by atoms with Crippen LogP contribution in [-0.2, 0) is 9.05 Å². The minimum atomic E-state index is -5.19. The maximum atomic E-state index is 11.9. The molecule has 6 nitrogen and oxygen atoms in total. The van der Waals surface area contributed by atoms with E-state index in [1.807, 2.05) is 0 Å². The van der Waals surface area contributed by atoms with Crippen molar-refractivity contribution in [1.82, 2.24) is 4.98 Å². The van der Waals surface area contributed by atoms with Gasteiger partial charge in [0.15, 0.2) is 5.03 Å². The van der Waals surface area contributed by atoms with Crippen LogP contribution in [0.15, 0.2) is 15.9 Å². The molecule has 0 amide bonds. The van der Waals surface area contributed by atoms with E-state index in [1.165, 1.54) is 6.07 Å². The Kier molecular flexibility index (Phi) is 3.59. The summed E-state index contributed by atoms with van der Waals surface area (Å²) in [5, 5.41) is 7.64. The van der Waals surface area contributed by atoms with Gasteiger partial charge in [0.2, 0.25) is 5.75 Å². The van der Waals surface area contributed by atoms with Crippen molar-refractivity contribution in [2.24, 2.45) is 0 Å². The molecule has 0 radical (unpaired) electrons. The molecular formula is C7H2ClF3N2O4S. The molecule has 0 fully saturated rings. The molecule has 0 aliphatic heterocycles. The first-order valence-corrected chi connectivity index (χ1v) is 6.23. The van der Waals surface area contributed by atoms with Crippen molar-refractivity contribution in [2.45, 2.75) is 11.4 Å². The van der Waals surface area contributed by atoms with Gasteiger partial charge in [-0.25, -0.2) is 8.42 Å². The zero-order valence-corrected chi connectivity index (χ0v) is 9.65. The minimum absolute atomic E-state index is 0.463. The molecule has 1 aromatic rings. The van der Waals surface area contributed by atoms with Crippen LogP contribution in [0.4, 0.5) is 13.2 Å². The van der Waals surface area contributed by atoms with Gasteiger partial charge < -0.3 is 9.72 Å². The Bertz CT molecular complexity index is 673. The Labute approximate surface area is 102 Å². The molecule has 1 heterocycles. The number of H-pyrrole nitrogens is 1. The average molecular weight is 303 g/mol. The zero-order chi connectivity index (χ0) is 14.1. The molecule has 0 bridgehead atoms. The highest BCUT2D eigenvalue weighted by atomic mass is 35.7. The number of halogens is 4. The number of ether oxygens (including phenoxy) is 1. The summed E-state index contributed by atoms with van der Waals surface area (Å²) in [6.45, 7) is 0. The Hall–Kier alpha value is -1.73. The Balaban J connectivity index is 3.50. The molecule has 1 rings (SSSR count). The van der Waals surface area contributed by atoms with Crippen molar-refractivity contribution in [1.29, 1.82) is 5.26 Å². The number of hydrogen-bond donors (Lipinski definition) is 1. The van der Waals surface area contributed by atoms with E-state index < -0.39 is 37.3 Å². The Morgan fingerprint density at radius 2 is 2.00 bits per heavy atom. The van der Waals surface area contributed by atoms with Gasteiger partial charge in [-0.15, -0.1) is 13.2 Å². The number of pyridine rings is 1. The first-order chi connectivity index (χ1) is 8.04. The third kappa shape index (κ3) is 3.38. The molecule has 18 heavy (non-hydrogen) atoms. The second-order valence-electron chi connectivity index (χ2n) is 2.80. The van der Waals surface area contributed by atoms with E-state index in [0.717, 1.165) is 0 Å². The van der Waals surface area contributed by atoms with Crippen LogP contribution >= 0.6 is 10.7 Å². The summed E-state index contributed by atoms with van der Waals surface area (Å²) >= 11 is 0. The highest BCUT2D eigenvalue weighted by Gasteiger charge is 2.34. The van der Waals surface area contributed by atoms with Crippen molar-refractivity contribution >= 4 is 19.7 Å². The predicted molar refractivity (Wildman–Crippen MR) is 51.5 cm³/mol. The van der Waals surface area contributed by atoms with Gasteiger partial charge in [-0.1, -0.05) is 0 Å². The van der Waals surface area contributed by atoms with Gasteiger partial charge in [-0.3, -0.25) is 4.79 Å². The highest BCUT2D eigenvalue weighted by Crippen LogP contribution is 2.24. The summed E-state index contributed by atoms with van der Waals surface area (Å²) in [7, 11) is 0.485. The van der Waals surface area contributed by atoms with E-state index in [9.17, 15) is 26.4 Å². The van der Waals surface area contributed by atoms with E-state index in [-0.39, 0.29) is 0 Å². The SMILES string of the molecule is N#Cc1cc(S(=O)(=O)Cl)[nH]c(=O)c1OC(F)(F)F. The predicted octanol–water partition coefficient (Wildman–Crippen LogP) is 1.07. The van der Waals surface area contributed by atoms with Gasteiger partial charge in [0.05, 0.1) is 0 Å². The first kappa shape index (κ1) is 14.3. The lowest BCUT2D eigenvalue weighted by molar-refractivity contribution is -0.275. The van der Waals surface area contributed by atoms with Crippen LogP contribution in [-0.4, -0.2) is 19.8 Å². The molecule has 11 heteroatoms. The lowest BCUT2D eigenvalue weighted by Gasteiger charge is -2.09. The fourth-order valence-corrected chi connectivity index (χ4v) is 1.68. The van der Waals surface area contributed by atoms with Gasteiger partial charge in [-0.05, 0) is 6.07 Å². The van der Waals surface area contributed by atoms with Crippen LogP contribution in [0.2, 0.25) is 0 Å². The molecule has 0 saturated heterocycles. The number of aromatic amines is 1. The van der Waals surface area contributed by atoms with Crippen molar-refractivity contribution in [3.63, 3.8) is 0 Å². The summed E-state index contributed by atoms with van der Waals surface area (Å²) in [6.07, 6.45) is -5.19. The summed E-state index contributed by atoms with van der Waals surface area (Å²) in [5.74, 6) is -1.35. The number of rotatable bonds is 2. The molecule has 98 valence electrons. The number of alkyl halides is 3. The van der Waals surface area contributed by atoms with E-state index in [2.05, 4.69) is 4.74 Å². The van der Waals surface area contributed by atoms with E-state index in [1.54, 1.807) is 4.98 Å². The van der Waals surface area contributed by atoms with Crippen LogP contribution in [0.5, 0.6) is 5.75 Å². The number of hydrogen-bond acceptors (Lipinski definition) is 5. The second-order valence-corrected chi connectivity index (χ2v) is 5.34. The molecule has 1 N–H and O–H groups in total. The molecule has 0 saturated carbocycles. The van der Waals surface area contributed by atoms with Crippen LogP contribution in [0.1, 0.15) is 5.56 Å². The van der Waals surface area contributed by atoms with Gasteiger partial charge in [0.25, 0.3) is 14.6 Å². The monoisotopic (exact) mass is 302 g/mol. The maximum Gasteiger partial charge on any atom is 0.573 e. The van der Waals surface area contributed by atoms with E-state index in [4.69, 9.17) is 15.9 Å². The number of nitrogens with zero attached hydrogens (tertiary/aromatic N) is 1. The topological polar surface area (TPSA) is 100 Å². The molecule has 0 aliphatic rings. The van der Waals surface area contributed by atoms with Crippen molar-refractivity contribution in [2.75, 3.05) is 0 Å². The smallest absolute Gasteiger partial charge is 0.398 e. The lowest BCUT2D eigenvalue weighted by Crippen LogP contribution is -2.24. The van der Waals surface area contributed by atoms with Gasteiger partial charge in [0, 0.05) is 10.7 Å². The summed E-state index contributed by atoms with van der Waals surface area (Å²) in [4.78, 5) is 12.8. The fourth-order valence-electron chi connectivity index (χ4n) is 0.955. The quantitative estimate of drug-likeness (QED) is 0.824. The number of aromatic nitrogens is 1. The largest absolute Gasteiger partial charge is 0.573 e. The molecular weight excluding hydrogens is 301 g/mol. The normalized spacial score (nSPS) is 11.9. The zero-order valence-electron chi connectivity index (χ0n) is 8.08. The van der Waals surface area contributed by atoms with Gasteiger partial charge >= 0.3 is 6.36 Å². The van der Waals surface area contributed by atoms with Crippen molar-refractivity contribution < 1.29 is 26.3 Å².